The largest absolute Gasteiger partial charge is 0.490 e. The van der Waals surface area contributed by atoms with Gasteiger partial charge in [0.1, 0.15) is 24.0 Å². The molecule has 0 bridgehead atoms. The Kier molecular flexibility index (Phi) is 8.89. The highest BCUT2D eigenvalue weighted by Gasteiger charge is 2.36. The molecule has 0 aliphatic carbocycles. The van der Waals surface area contributed by atoms with Gasteiger partial charge in [0.05, 0.1) is 12.2 Å². The van der Waals surface area contributed by atoms with Crippen LogP contribution in [0.4, 0.5) is 0 Å². The number of hydrogen-bond acceptors (Lipinski definition) is 7. The lowest BCUT2D eigenvalue weighted by Gasteiger charge is -2.20. The molecule has 200 valence electrons. The summed E-state index contributed by atoms with van der Waals surface area (Å²) < 4.78 is 17.6. The predicted octanol–water partition coefficient (Wildman–Crippen LogP) is 6.33. The van der Waals surface area contributed by atoms with Gasteiger partial charge >= 0.3 is 0 Å². The third-order valence-electron chi connectivity index (χ3n) is 6.21. The minimum Gasteiger partial charge on any atom is -0.490 e. The monoisotopic (exact) mass is 534 g/mol. The number of aliphatic imine (C=N–C) groups is 1. The topological polar surface area (TPSA) is 96.6 Å². The number of ether oxygens (including phenoxy) is 3. The highest BCUT2D eigenvalue weighted by molar-refractivity contribution is 8.27. The van der Waals surface area contributed by atoms with E-state index in [1.165, 1.54) is 22.3 Å². The lowest BCUT2D eigenvalue weighted by molar-refractivity contribution is -0.114. The second-order valence-electron chi connectivity index (χ2n) is 9.33. The molecule has 1 N–H and O–H groups in total. The van der Waals surface area contributed by atoms with Crippen LogP contribution in [0.1, 0.15) is 58.1 Å². The zero-order chi connectivity index (χ0) is 27.2. The summed E-state index contributed by atoms with van der Waals surface area (Å²) in [4.78, 5) is 16.9. The fourth-order valence-electron chi connectivity index (χ4n) is 3.85. The molecule has 4 rings (SSSR count). The highest BCUT2D eigenvalue weighted by Crippen LogP contribution is 2.33. The standard InChI is InChI=1S/C29H34N4O4S/c1-6-19(5)21-9-11-22(12-10-21)36-14-15-37-24-13-8-20(17-25(24)35-7-2)16-23-26(30)33-29(31-27(23)34)38-28(32-33)18(3)4/h8-13,16-19,30H,6-7,14-15H2,1-5H3/b23-16-,30-26?/t19-/m1/s1. The lowest BCUT2D eigenvalue weighted by atomic mass is 9.99. The average molecular weight is 535 g/mol. The number of hydrogen-bond donors (Lipinski definition) is 1. The Hall–Kier alpha value is -3.59. The summed E-state index contributed by atoms with van der Waals surface area (Å²) in [7, 11) is 0. The summed E-state index contributed by atoms with van der Waals surface area (Å²) in [6, 6.07) is 13.6. The van der Waals surface area contributed by atoms with E-state index >= 15 is 0 Å². The van der Waals surface area contributed by atoms with Crippen molar-refractivity contribution >= 4 is 39.8 Å². The van der Waals surface area contributed by atoms with E-state index in [2.05, 4.69) is 36.1 Å². The van der Waals surface area contributed by atoms with Crippen molar-refractivity contribution in [2.45, 2.75) is 47.0 Å². The van der Waals surface area contributed by atoms with E-state index < -0.39 is 5.91 Å². The molecule has 0 saturated heterocycles. The Bertz CT molecular complexity index is 1280. The molecule has 0 fully saturated rings. The molecule has 0 radical (unpaired) electrons. The smallest absolute Gasteiger partial charge is 0.283 e. The number of rotatable bonds is 11. The molecule has 0 saturated carbocycles. The maximum Gasteiger partial charge on any atom is 0.283 e. The van der Waals surface area contributed by atoms with Crippen molar-refractivity contribution in [3.05, 3.63) is 59.2 Å². The SMILES string of the molecule is CCOc1cc(/C=C2/C(=N)N3N=C(C(C)C)SC3=NC2=O)ccc1OCCOc1ccc([C@H](C)CC)cc1. The quantitative estimate of drug-likeness (QED) is 0.267. The van der Waals surface area contributed by atoms with Gasteiger partial charge < -0.3 is 14.2 Å². The van der Waals surface area contributed by atoms with Crippen LogP contribution in [0.2, 0.25) is 0 Å². The third-order valence-corrected chi connectivity index (χ3v) is 7.42. The number of carbonyl (C=O) groups excluding carboxylic acids is 1. The number of amides is 1. The van der Waals surface area contributed by atoms with Crippen molar-refractivity contribution in [2.75, 3.05) is 19.8 Å². The van der Waals surface area contributed by atoms with Crippen molar-refractivity contribution in [1.29, 1.82) is 5.41 Å². The minimum absolute atomic E-state index is 0.00997. The number of thioether (sulfide) groups is 1. The molecule has 2 aliphatic heterocycles. The van der Waals surface area contributed by atoms with Gasteiger partial charge in [0, 0.05) is 5.92 Å². The molecule has 1 amide bonds. The van der Waals surface area contributed by atoms with E-state index in [9.17, 15) is 4.79 Å². The summed E-state index contributed by atoms with van der Waals surface area (Å²) in [5.74, 6) is 2.20. The fourth-order valence-corrected chi connectivity index (χ4v) is 4.74. The number of hydrazone groups is 1. The van der Waals surface area contributed by atoms with Crippen LogP contribution in [0.15, 0.2) is 58.1 Å². The molecule has 2 aliphatic rings. The maximum absolute atomic E-state index is 12.7. The molecule has 0 unspecified atom stereocenters. The van der Waals surface area contributed by atoms with Crippen LogP contribution in [0.3, 0.4) is 0 Å². The van der Waals surface area contributed by atoms with Gasteiger partial charge in [-0.1, -0.05) is 45.9 Å². The molecule has 1 atom stereocenters. The summed E-state index contributed by atoms with van der Waals surface area (Å²) in [6.07, 6.45) is 2.74. The Labute approximate surface area is 228 Å². The van der Waals surface area contributed by atoms with Crippen molar-refractivity contribution in [2.24, 2.45) is 16.0 Å². The summed E-state index contributed by atoms with van der Waals surface area (Å²) in [5.41, 5.74) is 2.18. The van der Waals surface area contributed by atoms with Gasteiger partial charge in [-0.2, -0.15) is 15.1 Å². The van der Waals surface area contributed by atoms with Crippen LogP contribution < -0.4 is 14.2 Å². The first kappa shape index (κ1) is 27.4. The van der Waals surface area contributed by atoms with E-state index in [-0.39, 0.29) is 17.3 Å². The Morgan fingerprint density at radius 3 is 2.42 bits per heavy atom. The zero-order valence-corrected chi connectivity index (χ0v) is 23.3. The first-order valence-electron chi connectivity index (χ1n) is 12.9. The molecule has 2 heterocycles. The third kappa shape index (κ3) is 6.27. The van der Waals surface area contributed by atoms with Crippen LogP contribution in [0.5, 0.6) is 17.2 Å². The van der Waals surface area contributed by atoms with Crippen LogP contribution in [-0.4, -0.2) is 46.8 Å². The fraction of sp³-hybridized carbons (Fsp3) is 0.379. The van der Waals surface area contributed by atoms with Crippen LogP contribution in [-0.2, 0) is 4.79 Å². The highest BCUT2D eigenvalue weighted by atomic mass is 32.2. The summed E-state index contributed by atoms with van der Waals surface area (Å²) >= 11 is 1.33. The number of nitrogens with one attached hydrogen (secondary N) is 1. The molecule has 0 spiro atoms. The van der Waals surface area contributed by atoms with Gasteiger partial charge in [-0.3, -0.25) is 10.2 Å². The van der Waals surface area contributed by atoms with E-state index in [0.29, 0.717) is 48.0 Å². The zero-order valence-electron chi connectivity index (χ0n) is 22.5. The Balaban J connectivity index is 1.42. The van der Waals surface area contributed by atoms with Gasteiger partial charge in [-0.25, -0.2) is 0 Å². The lowest BCUT2D eigenvalue weighted by Crippen LogP contribution is -2.35. The molecule has 8 nitrogen and oxygen atoms in total. The Morgan fingerprint density at radius 2 is 1.74 bits per heavy atom. The predicted molar refractivity (Wildman–Crippen MR) is 154 cm³/mol. The molecule has 2 aromatic carbocycles. The number of amidine groups is 2. The van der Waals surface area contributed by atoms with E-state index in [0.717, 1.165) is 17.2 Å². The van der Waals surface area contributed by atoms with Gasteiger partial charge in [0.25, 0.3) is 5.91 Å². The van der Waals surface area contributed by atoms with E-state index in [1.54, 1.807) is 18.2 Å². The first-order valence-corrected chi connectivity index (χ1v) is 13.7. The van der Waals surface area contributed by atoms with Gasteiger partial charge in [-0.15, -0.1) is 0 Å². The molecule has 38 heavy (non-hydrogen) atoms. The molecular weight excluding hydrogens is 500 g/mol. The second kappa shape index (κ2) is 12.3. The Morgan fingerprint density at radius 1 is 1.00 bits per heavy atom. The van der Waals surface area contributed by atoms with Crippen molar-refractivity contribution < 1.29 is 19.0 Å². The molecular formula is C29H34N4O4S. The van der Waals surface area contributed by atoms with Crippen molar-refractivity contribution in [3.8, 4) is 17.2 Å². The van der Waals surface area contributed by atoms with Crippen molar-refractivity contribution in [1.82, 2.24) is 5.01 Å². The maximum atomic E-state index is 12.7. The van der Waals surface area contributed by atoms with E-state index in [4.69, 9.17) is 19.6 Å². The summed E-state index contributed by atoms with van der Waals surface area (Å²) in [5, 5.41) is 15.7. The number of carbonyl (C=O) groups is 1. The first-order chi connectivity index (χ1) is 18.3. The molecule has 0 aromatic heterocycles. The molecule has 2 aromatic rings. The van der Waals surface area contributed by atoms with Crippen LogP contribution in [0, 0.1) is 11.3 Å². The number of benzene rings is 2. The van der Waals surface area contributed by atoms with Crippen LogP contribution >= 0.6 is 11.8 Å². The number of fused-ring (bicyclic) bond motifs is 1. The summed E-state index contributed by atoms with van der Waals surface area (Å²) in [6.45, 7) is 11.5. The minimum atomic E-state index is -0.457. The van der Waals surface area contributed by atoms with Gasteiger partial charge in [0.2, 0.25) is 5.17 Å². The van der Waals surface area contributed by atoms with Crippen LogP contribution in [0.25, 0.3) is 6.08 Å². The normalized spacial score (nSPS) is 16.9. The van der Waals surface area contributed by atoms with Crippen molar-refractivity contribution in [3.63, 3.8) is 0 Å². The van der Waals surface area contributed by atoms with E-state index in [1.807, 2.05) is 39.0 Å². The van der Waals surface area contributed by atoms with Gasteiger partial charge in [0.15, 0.2) is 17.3 Å². The average Bonchev–Trinajstić information content (AvgIpc) is 3.34. The number of nitrogens with zero attached hydrogens (tertiary/aromatic N) is 3. The molecule has 9 heteroatoms. The second-order valence-corrected chi connectivity index (χ2v) is 10.3. The van der Waals surface area contributed by atoms with Gasteiger partial charge in [-0.05, 0) is 72.5 Å².